The second-order valence-electron chi connectivity index (χ2n) is 10.3. The fourth-order valence-electron chi connectivity index (χ4n) is 7.08. The average Bonchev–Trinajstić information content (AvgIpc) is 3.16. The van der Waals surface area contributed by atoms with E-state index in [4.69, 9.17) is 14.2 Å². The van der Waals surface area contributed by atoms with Crippen LogP contribution >= 0.6 is 0 Å². The van der Waals surface area contributed by atoms with Crippen LogP contribution in [0, 0.1) is 0 Å². The van der Waals surface area contributed by atoms with Crippen molar-refractivity contribution in [1.29, 1.82) is 0 Å². The van der Waals surface area contributed by atoms with Crippen LogP contribution in [0.4, 0.5) is 0 Å². The first kappa shape index (κ1) is 22.5. The number of piperidine rings is 1. The highest BCUT2D eigenvalue weighted by Crippen LogP contribution is 2.65. The standard InChI is InChI=1S/C23H29NO10/c1-24-7-6-22-13-9-2-3-11(32-21-16(28)14(26)15(27)18(34-21)20(29)30)17(13)33-19(22)10(25)4-5-23(22,31)12(24)8-9/h2-3,10,12,14-16,18-19,21,25-28,31H,4-8H2,1H3,(H,29,30)/t10-,12-,14+,15+,16-,18+,19+,21-,22+,23-/m1/s1. The molecule has 3 fully saturated rings. The van der Waals surface area contributed by atoms with Gasteiger partial charge in [0, 0.05) is 11.6 Å². The summed E-state index contributed by atoms with van der Waals surface area (Å²) in [6.07, 6.45) is -8.20. The summed E-state index contributed by atoms with van der Waals surface area (Å²) in [5.74, 6) is -1.03. The number of hydrogen-bond donors (Lipinski definition) is 6. The number of hydrogen-bond acceptors (Lipinski definition) is 10. The van der Waals surface area contributed by atoms with Gasteiger partial charge in [0.2, 0.25) is 6.29 Å². The summed E-state index contributed by atoms with van der Waals surface area (Å²) >= 11 is 0. The maximum Gasteiger partial charge on any atom is 0.335 e. The third-order valence-corrected chi connectivity index (χ3v) is 8.74. The van der Waals surface area contributed by atoms with Crippen molar-refractivity contribution in [3.63, 3.8) is 0 Å². The molecule has 1 aromatic rings. The molecule has 186 valence electrons. The highest BCUT2D eigenvalue weighted by molar-refractivity contribution is 5.73. The zero-order valence-corrected chi connectivity index (χ0v) is 18.6. The fourth-order valence-corrected chi connectivity index (χ4v) is 7.08. The van der Waals surface area contributed by atoms with Crippen molar-refractivity contribution in [3.8, 4) is 11.5 Å². The summed E-state index contributed by atoms with van der Waals surface area (Å²) in [4.78, 5) is 13.6. The highest BCUT2D eigenvalue weighted by atomic mass is 16.7. The van der Waals surface area contributed by atoms with E-state index >= 15 is 0 Å². The van der Waals surface area contributed by atoms with Crippen molar-refractivity contribution < 1.29 is 49.6 Å². The minimum Gasteiger partial charge on any atom is -0.482 e. The molecule has 0 unspecified atom stereocenters. The number of aliphatic hydroxyl groups excluding tert-OH is 4. The molecule has 1 spiro atoms. The average molecular weight is 479 g/mol. The Bertz CT molecular complexity index is 1040. The second kappa shape index (κ2) is 7.26. The number of rotatable bonds is 3. The molecular formula is C23H29NO10. The van der Waals surface area contributed by atoms with E-state index in [2.05, 4.69) is 4.90 Å². The number of benzene rings is 1. The molecule has 6 N–H and O–H groups in total. The molecule has 1 saturated carbocycles. The largest absolute Gasteiger partial charge is 0.482 e. The number of likely N-dealkylation sites (N-methyl/N-ethyl adjacent to an activating group) is 1. The van der Waals surface area contributed by atoms with Crippen molar-refractivity contribution in [2.45, 2.75) is 85.7 Å². The van der Waals surface area contributed by atoms with Gasteiger partial charge in [0.1, 0.15) is 24.4 Å². The van der Waals surface area contributed by atoms with Crippen LogP contribution in [-0.2, 0) is 21.4 Å². The van der Waals surface area contributed by atoms with Crippen LogP contribution < -0.4 is 9.47 Å². The molecule has 5 aliphatic rings. The summed E-state index contributed by atoms with van der Waals surface area (Å²) in [5.41, 5.74) is -0.170. The summed E-state index contributed by atoms with van der Waals surface area (Å²) in [6, 6.07) is 3.35. The number of likely N-dealkylation sites (tertiary alicyclic amines) is 1. The van der Waals surface area contributed by atoms with Gasteiger partial charge in [-0.2, -0.15) is 0 Å². The van der Waals surface area contributed by atoms with Gasteiger partial charge in [0.15, 0.2) is 17.6 Å². The number of aliphatic hydroxyl groups is 5. The Labute approximate surface area is 195 Å². The number of carbonyl (C=O) groups is 1. The Kier molecular flexibility index (Phi) is 4.80. The van der Waals surface area contributed by atoms with Crippen LogP contribution in [0.15, 0.2) is 12.1 Å². The van der Waals surface area contributed by atoms with Gasteiger partial charge in [-0.15, -0.1) is 0 Å². The predicted molar refractivity (Wildman–Crippen MR) is 112 cm³/mol. The van der Waals surface area contributed by atoms with Gasteiger partial charge >= 0.3 is 5.97 Å². The van der Waals surface area contributed by atoms with Crippen molar-refractivity contribution in [1.82, 2.24) is 4.90 Å². The van der Waals surface area contributed by atoms with E-state index in [-0.39, 0.29) is 11.8 Å². The van der Waals surface area contributed by atoms with Crippen molar-refractivity contribution in [2.24, 2.45) is 0 Å². The van der Waals surface area contributed by atoms with Crippen LogP contribution in [0.25, 0.3) is 0 Å². The van der Waals surface area contributed by atoms with Crippen LogP contribution in [-0.4, -0.2) is 110 Å². The molecule has 10 atom stereocenters. The molecule has 0 radical (unpaired) electrons. The number of carboxylic acids is 1. The lowest BCUT2D eigenvalue weighted by Crippen LogP contribution is -2.76. The first-order chi connectivity index (χ1) is 16.1. The molecule has 11 nitrogen and oxygen atoms in total. The summed E-state index contributed by atoms with van der Waals surface area (Å²) in [7, 11) is 2.00. The van der Waals surface area contributed by atoms with Gasteiger partial charge in [0.25, 0.3) is 0 Å². The van der Waals surface area contributed by atoms with E-state index < -0.39 is 59.9 Å². The Morgan fingerprint density at radius 3 is 2.65 bits per heavy atom. The fraction of sp³-hybridized carbons (Fsp3) is 0.696. The molecule has 2 aliphatic carbocycles. The van der Waals surface area contributed by atoms with Gasteiger partial charge in [0.05, 0.1) is 17.1 Å². The third kappa shape index (κ3) is 2.63. The Morgan fingerprint density at radius 1 is 1.15 bits per heavy atom. The molecule has 0 aromatic heterocycles. The molecule has 3 heterocycles. The quantitative estimate of drug-likeness (QED) is 0.286. The maximum absolute atomic E-state index is 12.0. The molecule has 2 saturated heterocycles. The molecular weight excluding hydrogens is 450 g/mol. The Morgan fingerprint density at radius 2 is 1.91 bits per heavy atom. The maximum atomic E-state index is 12.0. The molecule has 2 bridgehead atoms. The number of aliphatic carboxylic acids is 1. The number of ether oxygens (including phenoxy) is 3. The van der Waals surface area contributed by atoms with Crippen LogP contribution in [0.5, 0.6) is 11.5 Å². The van der Waals surface area contributed by atoms with E-state index in [1.807, 2.05) is 13.1 Å². The van der Waals surface area contributed by atoms with E-state index in [9.17, 15) is 35.4 Å². The zero-order valence-electron chi connectivity index (χ0n) is 18.6. The summed E-state index contributed by atoms with van der Waals surface area (Å²) < 4.78 is 17.4. The molecule has 11 heteroatoms. The van der Waals surface area contributed by atoms with Crippen molar-refractivity contribution >= 4 is 5.97 Å². The van der Waals surface area contributed by atoms with Crippen molar-refractivity contribution in [3.05, 3.63) is 23.3 Å². The smallest absolute Gasteiger partial charge is 0.335 e. The van der Waals surface area contributed by atoms with Gasteiger partial charge in [-0.25, -0.2) is 4.79 Å². The first-order valence-corrected chi connectivity index (χ1v) is 11.6. The SMILES string of the molecule is CN1CC[C@]23c4c5ccc(O[C@@H]6O[C@H](C(=O)O)[C@@H](O)[C@H](O)[C@H]6O)c4O[C@H]2[C@H](O)CC[C@@]3(O)[C@H]1C5. The zero-order chi connectivity index (χ0) is 24.2. The molecule has 6 rings (SSSR count). The van der Waals surface area contributed by atoms with Gasteiger partial charge < -0.3 is 49.7 Å². The van der Waals surface area contributed by atoms with Crippen LogP contribution in [0.2, 0.25) is 0 Å². The monoisotopic (exact) mass is 479 g/mol. The van der Waals surface area contributed by atoms with E-state index in [1.54, 1.807) is 6.07 Å². The summed E-state index contributed by atoms with van der Waals surface area (Å²) in [6.45, 7) is 0.721. The first-order valence-electron chi connectivity index (χ1n) is 11.6. The molecule has 0 amide bonds. The number of carboxylic acid groups (broad SMARTS) is 1. The van der Waals surface area contributed by atoms with Gasteiger partial charge in [-0.05, 0) is 50.9 Å². The third-order valence-electron chi connectivity index (χ3n) is 8.74. The molecule has 34 heavy (non-hydrogen) atoms. The molecule has 1 aromatic carbocycles. The minimum atomic E-state index is -1.83. The lowest BCUT2D eigenvalue weighted by Gasteiger charge is -2.63. The minimum absolute atomic E-state index is 0.124. The normalized spacial score (nSPS) is 47.0. The van der Waals surface area contributed by atoms with Crippen LogP contribution in [0.1, 0.15) is 30.4 Å². The topological polar surface area (TPSA) is 169 Å². The van der Waals surface area contributed by atoms with E-state index in [0.29, 0.717) is 31.4 Å². The Hall–Kier alpha value is -1.99. The van der Waals surface area contributed by atoms with Crippen molar-refractivity contribution in [2.75, 3.05) is 13.6 Å². The Balaban J connectivity index is 1.43. The van der Waals surface area contributed by atoms with Gasteiger partial charge in [-0.1, -0.05) is 6.07 Å². The molecule has 3 aliphatic heterocycles. The van der Waals surface area contributed by atoms with E-state index in [0.717, 1.165) is 17.7 Å². The van der Waals surface area contributed by atoms with Gasteiger partial charge in [-0.3, -0.25) is 0 Å². The van der Waals surface area contributed by atoms with E-state index in [1.165, 1.54) is 0 Å². The number of nitrogens with zero attached hydrogens (tertiary/aromatic N) is 1. The summed E-state index contributed by atoms with van der Waals surface area (Å²) in [5, 5.41) is 62.8. The van der Waals surface area contributed by atoms with Crippen LogP contribution in [0.3, 0.4) is 0 Å². The lowest BCUT2D eigenvalue weighted by molar-refractivity contribution is -0.271. The second-order valence-corrected chi connectivity index (χ2v) is 10.3. The lowest BCUT2D eigenvalue weighted by atomic mass is 9.49. The predicted octanol–water partition coefficient (Wildman–Crippen LogP) is -1.90. The highest BCUT2D eigenvalue weighted by Gasteiger charge is 2.72.